The molecule has 9 nitrogen and oxygen atoms in total. The van der Waals surface area contributed by atoms with E-state index in [-0.39, 0.29) is 34.5 Å². The molecule has 1 amide bonds. The minimum atomic E-state index is -0.699. The summed E-state index contributed by atoms with van der Waals surface area (Å²) in [7, 11) is 1.86. The highest BCUT2D eigenvalue weighted by atomic mass is 16.7. The molecule has 2 aliphatic rings. The molecule has 2 aromatic heterocycles. The molecule has 1 aliphatic heterocycles. The Balaban J connectivity index is 1.54. The largest absolute Gasteiger partial charge is 0.355 e. The van der Waals surface area contributed by atoms with Crippen LogP contribution in [0.5, 0.6) is 0 Å². The molecule has 1 saturated carbocycles. The van der Waals surface area contributed by atoms with E-state index in [1.165, 1.54) is 6.42 Å². The Morgan fingerprint density at radius 3 is 2.47 bits per heavy atom. The molecule has 0 spiro atoms. The van der Waals surface area contributed by atoms with Crippen molar-refractivity contribution in [1.82, 2.24) is 14.5 Å². The fraction of sp³-hybridized carbons (Fsp3) is 0.696. The highest BCUT2D eigenvalue weighted by molar-refractivity contribution is 6.04. The van der Waals surface area contributed by atoms with Gasteiger partial charge in [-0.25, -0.2) is 4.68 Å². The summed E-state index contributed by atoms with van der Waals surface area (Å²) in [5.41, 5.74) is 1.41. The van der Waals surface area contributed by atoms with Crippen molar-refractivity contribution in [3.63, 3.8) is 0 Å². The van der Waals surface area contributed by atoms with Gasteiger partial charge in [-0.3, -0.25) is 14.3 Å². The maximum absolute atomic E-state index is 13.1. The molecule has 2 fully saturated rings. The second-order valence-corrected chi connectivity index (χ2v) is 10.1. The van der Waals surface area contributed by atoms with Gasteiger partial charge in [0, 0.05) is 12.6 Å². The number of nitrogens with zero attached hydrogens (tertiary/aromatic N) is 3. The number of aromatic nitrogens is 3. The average molecular weight is 447 g/mol. The third kappa shape index (κ3) is 4.03. The Morgan fingerprint density at radius 2 is 1.84 bits per heavy atom. The Labute approximate surface area is 188 Å². The van der Waals surface area contributed by atoms with Crippen LogP contribution in [-0.2, 0) is 16.5 Å². The molecule has 32 heavy (non-hydrogen) atoms. The molecule has 3 heterocycles. The van der Waals surface area contributed by atoms with E-state index < -0.39 is 12.2 Å². The predicted octanol–water partition coefficient (Wildman–Crippen LogP) is 4.01. The lowest BCUT2D eigenvalue weighted by molar-refractivity contribution is -0.0930. The Morgan fingerprint density at radius 1 is 1.16 bits per heavy atom. The van der Waals surface area contributed by atoms with Gasteiger partial charge in [-0.2, -0.15) is 0 Å². The van der Waals surface area contributed by atoms with Gasteiger partial charge in [0.05, 0.1) is 24.4 Å². The van der Waals surface area contributed by atoms with Crippen LogP contribution >= 0.6 is 0 Å². The number of hydrogen-bond donors (Lipinski definition) is 1. The van der Waals surface area contributed by atoms with Crippen LogP contribution in [0.3, 0.4) is 0 Å². The number of ether oxygens (including phenoxy) is 2. The van der Waals surface area contributed by atoms with Gasteiger partial charge >= 0.3 is 0 Å². The van der Waals surface area contributed by atoms with Crippen molar-refractivity contribution in [1.29, 1.82) is 0 Å². The zero-order valence-electron chi connectivity index (χ0n) is 19.9. The van der Waals surface area contributed by atoms with Gasteiger partial charge in [0.15, 0.2) is 11.5 Å². The SMILES string of the molecule is Cc1c(C(=O)Nc2c(C)n(C)n(C3CCCCC3)c2=O)noc1C1OC[C@@H](C(C)(C)C)O1. The monoisotopic (exact) mass is 446 g/mol. The van der Waals surface area contributed by atoms with Crippen LogP contribution < -0.4 is 10.9 Å². The van der Waals surface area contributed by atoms with E-state index in [0.717, 1.165) is 25.7 Å². The molecule has 1 unspecified atom stereocenters. The van der Waals surface area contributed by atoms with E-state index in [1.54, 1.807) is 11.6 Å². The zero-order chi connectivity index (χ0) is 23.2. The van der Waals surface area contributed by atoms with Crippen LogP contribution in [0.15, 0.2) is 9.32 Å². The van der Waals surface area contributed by atoms with Crippen LogP contribution in [0.1, 0.15) is 92.7 Å². The maximum Gasteiger partial charge on any atom is 0.291 e. The summed E-state index contributed by atoms with van der Waals surface area (Å²) in [6.07, 6.45) is 4.61. The predicted molar refractivity (Wildman–Crippen MR) is 119 cm³/mol. The molecule has 0 radical (unpaired) electrons. The molecular formula is C23H34N4O5. The normalized spacial score (nSPS) is 22.4. The second kappa shape index (κ2) is 8.51. The minimum Gasteiger partial charge on any atom is -0.355 e. The fourth-order valence-corrected chi connectivity index (χ4v) is 4.56. The van der Waals surface area contributed by atoms with Gasteiger partial charge in [-0.05, 0) is 32.1 Å². The molecule has 0 aromatic carbocycles. The summed E-state index contributed by atoms with van der Waals surface area (Å²) in [4.78, 5) is 26.2. The third-order valence-corrected chi connectivity index (χ3v) is 6.79. The first-order chi connectivity index (χ1) is 15.1. The van der Waals surface area contributed by atoms with Crippen molar-refractivity contribution in [3.05, 3.63) is 33.1 Å². The Hall–Kier alpha value is -2.39. The Kier molecular flexibility index (Phi) is 6.06. The van der Waals surface area contributed by atoms with E-state index in [4.69, 9.17) is 14.0 Å². The molecular weight excluding hydrogens is 412 g/mol. The molecule has 176 valence electrons. The summed E-state index contributed by atoms with van der Waals surface area (Å²) >= 11 is 0. The quantitative estimate of drug-likeness (QED) is 0.762. The van der Waals surface area contributed by atoms with Gasteiger partial charge in [-0.1, -0.05) is 45.2 Å². The number of rotatable bonds is 4. The van der Waals surface area contributed by atoms with Crippen LogP contribution in [0.2, 0.25) is 0 Å². The maximum atomic E-state index is 13.1. The lowest BCUT2D eigenvalue weighted by atomic mass is 9.90. The van der Waals surface area contributed by atoms with E-state index in [2.05, 4.69) is 31.2 Å². The molecule has 0 bridgehead atoms. The first kappa shape index (κ1) is 22.8. The van der Waals surface area contributed by atoms with Crippen molar-refractivity contribution in [3.8, 4) is 0 Å². The number of amides is 1. The first-order valence-electron chi connectivity index (χ1n) is 11.4. The topological polar surface area (TPSA) is 101 Å². The van der Waals surface area contributed by atoms with Crippen molar-refractivity contribution in [2.45, 2.75) is 85.2 Å². The molecule has 2 aromatic rings. The second-order valence-electron chi connectivity index (χ2n) is 10.1. The summed E-state index contributed by atoms with van der Waals surface area (Å²) in [5, 5.41) is 6.73. The smallest absolute Gasteiger partial charge is 0.291 e. The number of anilines is 1. The Bertz CT molecular complexity index is 1050. The summed E-state index contributed by atoms with van der Waals surface area (Å²) in [5.74, 6) is -0.101. The van der Waals surface area contributed by atoms with E-state index in [0.29, 0.717) is 23.6 Å². The highest BCUT2D eigenvalue weighted by Gasteiger charge is 2.39. The first-order valence-corrected chi connectivity index (χ1v) is 11.4. The van der Waals surface area contributed by atoms with Gasteiger partial charge in [0.1, 0.15) is 5.69 Å². The lowest BCUT2D eigenvalue weighted by Gasteiger charge is -2.24. The zero-order valence-corrected chi connectivity index (χ0v) is 19.9. The van der Waals surface area contributed by atoms with Crippen molar-refractivity contribution < 1.29 is 18.8 Å². The highest BCUT2D eigenvalue weighted by Crippen LogP contribution is 2.37. The van der Waals surface area contributed by atoms with Crippen molar-refractivity contribution in [2.75, 3.05) is 11.9 Å². The van der Waals surface area contributed by atoms with Gasteiger partial charge in [-0.15, -0.1) is 0 Å². The standard InChI is InChI=1S/C23H34N4O5/c1-13-17(25-32-19(13)22-30-12-16(31-22)23(3,4)5)20(28)24-18-14(2)26(6)27(21(18)29)15-10-8-7-9-11-15/h15-16,22H,7-12H2,1-6H3,(H,24,28)/t16-,22?/m0/s1. The molecule has 1 saturated heterocycles. The van der Waals surface area contributed by atoms with E-state index in [9.17, 15) is 9.59 Å². The molecule has 1 aliphatic carbocycles. The fourth-order valence-electron chi connectivity index (χ4n) is 4.56. The van der Waals surface area contributed by atoms with Crippen molar-refractivity contribution >= 4 is 11.6 Å². The average Bonchev–Trinajstić information content (AvgIpc) is 3.43. The molecule has 1 N–H and O–H groups in total. The molecule has 2 atom stereocenters. The minimum absolute atomic E-state index is 0.0774. The van der Waals surface area contributed by atoms with Crippen LogP contribution in [0.4, 0.5) is 5.69 Å². The molecule has 9 heteroatoms. The van der Waals surface area contributed by atoms with E-state index >= 15 is 0 Å². The number of carbonyl (C=O) groups excluding carboxylic acids is 1. The third-order valence-electron chi connectivity index (χ3n) is 6.79. The summed E-state index contributed by atoms with van der Waals surface area (Å²) < 4.78 is 20.8. The van der Waals surface area contributed by atoms with Gasteiger partial charge < -0.3 is 19.3 Å². The van der Waals surface area contributed by atoms with E-state index in [1.807, 2.05) is 18.7 Å². The summed E-state index contributed by atoms with van der Waals surface area (Å²) in [6.45, 7) is 10.3. The number of hydrogen-bond acceptors (Lipinski definition) is 6. The van der Waals surface area contributed by atoms with Crippen LogP contribution in [0.25, 0.3) is 0 Å². The van der Waals surface area contributed by atoms with Crippen molar-refractivity contribution in [2.24, 2.45) is 12.5 Å². The summed E-state index contributed by atoms with van der Waals surface area (Å²) in [6, 6.07) is 0.165. The lowest BCUT2D eigenvalue weighted by Crippen LogP contribution is -2.29. The number of nitrogens with one attached hydrogen (secondary N) is 1. The number of carbonyl (C=O) groups is 1. The van der Waals surface area contributed by atoms with Crippen LogP contribution in [0, 0.1) is 19.3 Å². The van der Waals surface area contributed by atoms with Crippen LogP contribution in [-0.4, -0.2) is 33.1 Å². The molecule has 4 rings (SSSR count). The van der Waals surface area contributed by atoms with Gasteiger partial charge in [0.2, 0.25) is 6.29 Å². The van der Waals surface area contributed by atoms with Gasteiger partial charge in [0.25, 0.3) is 11.5 Å².